The zero-order valence-electron chi connectivity index (χ0n) is 13.8. The third kappa shape index (κ3) is 1.73. The molecule has 0 aromatic carbocycles. The van der Waals surface area contributed by atoms with Crippen molar-refractivity contribution in [2.24, 2.45) is 5.92 Å². The van der Waals surface area contributed by atoms with Gasteiger partial charge >= 0.3 is 6.03 Å². The maximum atomic E-state index is 12.9. The van der Waals surface area contributed by atoms with E-state index >= 15 is 0 Å². The lowest BCUT2D eigenvalue weighted by atomic mass is 9.94. The van der Waals surface area contributed by atoms with Crippen molar-refractivity contribution in [2.75, 3.05) is 14.1 Å². The molecule has 2 saturated heterocycles. The normalized spacial score (nSPS) is 32.2. The van der Waals surface area contributed by atoms with Crippen LogP contribution in [0.4, 0.5) is 4.79 Å². The molecule has 7 nitrogen and oxygen atoms in total. The van der Waals surface area contributed by atoms with Crippen molar-refractivity contribution in [3.63, 3.8) is 0 Å². The molecule has 1 N–H and O–H groups in total. The van der Waals surface area contributed by atoms with Gasteiger partial charge < -0.3 is 15.1 Å². The van der Waals surface area contributed by atoms with Crippen molar-refractivity contribution in [1.82, 2.24) is 20.0 Å². The van der Waals surface area contributed by atoms with Crippen LogP contribution in [0.5, 0.6) is 0 Å². The minimum atomic E-state index is -1.02. The fourth-order valence-corrected chi connectivity index (χ4v) is 3.84. The molecule has 122 valence electrons. The first-order valence-corrected chi connectivity index (χ1v) is 7.63. The van der Waals surface area contributed by atoms with Crippen molar-refractivity contribution in [3.8, 4) is 0 Å². The van der Waals surface area contributed by atoms with Gasteiger partial charge in [0.1, 0.15) is 5.78 Å². The zero-order valence-corrected chi connectivity index (χ0v) is 14.6. The molecule has 2 fully saturated rings. The Bertz CT molecular complexity index is 580. The number of nitrogens with one attached hydrogen (secondary N) is 1. The van der Waals surface area contributed by atoms with E-state index in [2.05, 4.69) is 5.32 Å². The number of amides is 3. The SMILES string of the molecule is CCC(C(C)=O)C(=O)N1C(=S)N(C)[C@@]2(C)N(C)C(=O)N[C@@]12C. The molecule has 3 atom stereocenters. The smallest absolute Gasteiger partial charge is 0.321 e. The summed E-state index contributed by atoms with van der Waals surface area (Å²) in [6, 6.07) is -0.284. The van der Waals surface area contributed by atoms with Crippen LogP contribution < -0.4 is 5.32 Å². The van der Waals surface area contributed by atoms with Crippen LogP contribution in [0.3, 0.4) is 0 Å². The van der Waals surface area contributed by atoms with Crippen LogP contribution in [0, 0.1) is 5.92 Å². The van der Waals surface area contributed by atoms with Crippen molar-refractivity contribution in [3.05, 3.63) is 0 Å². The van der Waals surface area contributed by atoms with E-state index in [4.69, 9.17) is 12.2 Å². The first kappa shape index (κ1) is 16.7. The Balaban J connectivity index is 2.54. The first-order valence-electron chi connectivity index (χ1n) is 7.22. The van der Waals surface area contributed by atoms with Crippen LogP contribution >= 0.6 is 12.2 Å². The van der Waals surface area contributed by atoms with Gasteiger partial charge in [0, 0.05) is 14.1 Å². The van der Waals surface area contributed by atoms with Crippen molar-refractivity contribution >= 4 is 35.1 Å². The lowest BCUT2D eigenvalue weighted by Crippen LogP contribution is -2.64. The second-order valence-electron chi connectivity index (χ2n) is 6.17. The highest BCUT2D eigenvalue weighted by molar-refractivity contribution is 7.80. The lowest BCUT2D eigenvalue weighted by Gasteiger charge is -2.41. The zero-order chi connectivity index (χ0) is 17.0. The third-order valence-corrected chi connectivity index (χ3v) is 5.68. The van der Waals surface area contributed by atoms with Gasteiger partial charge in [-0.05, 0) is 39.4 Å². The second-order valence-corrected chi connectivity index (χ2v) is 6.53. The van der Waals surface area contributed by atoms with E-state index in [-0.39, 0.29) is 17.7 Å². The summed E-state index contributed by atoms with van der Waals surface area (Å²) in [5.41, 5.74) is -1.84. The maximum Gasteiger partial charge on any atom is 0.321 e. The minimum Gasteiger partial charge on any atom is -0.325 e. The number of urea groups is 1. The number of carbonyl (C=O) groups excluding carboxylic acids is 3. The van der Waals surface area contributed by atoms with Gasteiger partial charge in [-0.1, -0.05) is 6.92 Å². The van der Waals surface area contributed by atoms with E-state index in [1.165, 1.54) is 16.7 Å². The Morgan fingerprint density at radius 1 is 1.27 bits per heavy atom. The van der Waals surface area contributed by atoms with E-state index in [0.717, 1.165) is 0 Å². The highest BCUT2D eigenvalue weighted by Gasteiger charge is 2.69. The Morgan fingerprint density at radius 2 is 1.82 bits per heavy atom. The van der Waals surface area contributed by atoms with Gasteiger partial charge in [0.15, 0.2) is 16.4 Å². The number of nitrogens with zero attached hydrogens (tertiary/aromatic N) is 3. The first-order chi connectivity index (χ1) is 10.0. The predicted molar refractivity (Wildman–Crippen MR) is 84.8 cm³/mol. The van der Waals surface area contributed by atoms with Crippen molar-refractivity contribution < 1.29 is 14.4 Å². The number of hydrogen-bond donors (Lipinski definition) is 1. The molecular weight excluding hydrogens is 304 g/mol. The minimum absolute atomic E-state index is 0.201. The molecule has 2 rings (SSSR count). The van der Waals surface area contributed by atoms with Crippen LogP contribution in [0.25, 0.3) is 0 Å². The van der Waals surface area contributed by atoms with Crippen molar-refractivity contribution in [2.45, 2.75) is 45.4 Å². The summed E-state index contributed by atoms with van der Waals surface area (Å²) in [7, 11) is 3.41. The number of likely N-dealkylation sites (N-methyl/N-ethyl adjacent to an activating group) is 2. The van der Waals surface area contributed by atoms with Crippen LogP contribution in [0.1, 0.15) is 34.1 Å². The van der Waals surface area contributed by atoms with E-state index in [1.54, 1.807) is 32.8 Å². The molecule has 0 aromatic rings. The molecule has 0 radical (unpaired) electrons. The second kappa shape index (κ2) is 4.91. The number of thiocarbonyl (C=S) groups is 1. The third-order valence-electron chi connectivity index (χ3n) is 5.23. The number of Topliss-reactive ketones (excluding diaryl/α,β-unsaturated/α-hetero) is 1. The standard InChI is InChI=1S/C14H22N4O3S/c1-7-9(8(2)19)10(20)18-12(22)17(6)14(4)13(18,3)15-11(21)16(14)5/h9H,7H2,1-6H3,(H,15,21)/t9?,13-,14+/m0/s1. The molecule has 1 unspecified atom stereocenters. The summed E-state index contributed by atoms with van der Waals surface area (Å²) in [5.74, 6) is -1.32. The number of fused-ring (bicyclic) bond motifs is 1. The number of ketones is 1. The summed E-state index contributed by atoms with van der Waals surface area (Å²) in [5, 5.41) is 3.15. The quantitative estimate of drug-likeness (QED) is 0.612. The van der Waals surface area contributed by atoms with Crippen LogP contribution in [-0.2, 0) is 9.59 Å². The molecule has 22 heavy (non-hydrogen) atoms. The van der Waals surface area contributed by atoms with Crippen LogP contribution in [0.15, 0.2) is 0 Å². The molecule has 2 aliphatic heterocycles. The fourth-order valence-electron chi connectivity index (χ4n) is 3.39. The van der Waals surface area contributed by atoms with Gasteiger partial charge in [-0.25, -0.2) is 4.79 Å². The summed E-state index contributed by atoms with van der Waals surface area (Å²) in [4.78, 5) is 41.4. The summed E-state index contributed by atoms with van der Waals surface area (Å²) >= 11 is 5.42. The topological polar surface area (TPSA) is 73.0 Å². The molecule has 2 heterocycles. The Labute approximate surface area is 135 Å². The van der Waals surface area contributed by atoms with E-state index in [1.807, 2.05) is 6.92 Å². The fraction of sp³-hybridized carbons (Fsp3) is 0.714. The molecule has 0 saturated carbocycles. The van der Waals surface area contributed by atoms with Gasteiger partial charge in [0.05, 0.1) is 5.92 Å². The molecule has 2 aliphatic rings. The van der Waals surface area contributed by atoms with Crippen LogP contribution in [0.2, 0.25) is 0 Å². The lowest BCUT2D eigenvalue weighted by molar-refractivity contribution is -0.142. The predicted octanol–water partition coefficient (Wildman–Crippen LogP) is 0.748. The average molecular weight is 326 g/mol. The molecular formula is C14H22N4O3S. The van der Waals surface area contributed by atoms with E-state index in [9.17, 15) is 14.4 Å². The Morgan fingerprint density at radius 3 is 2.27 bits per heavy atom. The number of carbonyl (C=O) groups is 3. The van der Waals surface area contributed by atoms with Gasteiger partial charge in [0.2, 0.25) is 5.91 Å². The molecule has 0 spiro atoms. The summed E-state index contributed by atoms with van der Waals surface area (Å²) in [6.07, 6.45) is 0.396. The molecule has 8 heteroatoms. The van der Waals surface area contributed by atoms with Gasteiger partial charge in [-0.15, -0.1) is 0 Å². The van der Waals surface area contributed by atoms with E-state index < -0.39 is 17.2 Å². The molecule has 3 amide bonds. The molecule has 0 aliphatic carbocycles. The highest BCUT2D eigenvalue weighted by Crippen LogP contribution is 2.45. The summed E-state index contributed by atoms with van der Waals surface area (Å²) < 4.78 is 0. The number of hydrogen-bond acceptors (Lipinski definition) is 4. The summed E-state index contributed by atoms with van der Waals surface area (Å²) in [6.45, 7) is 6.79. The molecule has 0 aromatic heterocycles. The molecule has 0 bridgehead atoms. The largest absolute Gasteiger partial charge is 0.325 e. The average Bonchev–Trinajstić information content (AvgIpc) is 2.68. The van der Waals surface area contributed by atoms with Gasteiger partial charge in [-0.3, -0.25) is 14.5 Å². The van der Waals surface area contributed by atoms with Crippen molar-refractivity contribution in [1.29, 1.82) is 0 Å². The maximum absolute atomic E-state index is 12.9. The Kier molecular flexibility index (Phi) is 3.72. The van der Waals surface area contributed by atoms with Gasteiger partial charge in [-0.2, -0.15) is 0 Å². The highest BCUT2D eigenvalue weighted by atomic mass is 32.1. The van der Waals surface area contributed by atoms with Gasteiger partial charge in [0.25, 0.3) is 0 Å². The van der Waals surface area contributed by atoms with E-state index in [0.29, 0.717) is 11.5 Å². The number of rotatable bonds is 3. The Hall–Kier alpha value is -1.70. The monoisotopic (exact) mass is 326 g/mol. The van der Waals surface area contributed by atoms with Crippen LogP contribution in [-0.4, -0.2) is 63.0 Å².